The van der Waals surface area contributed by atoms with Gasteiger partial charge < -0.3 is 11.1 Å². The number of hydrogen-bond donors (Lipinski definition) is 2. The quantitative estimate of drug-likeness (QED) is 0.821. The highest BCUT2D eigenvalue weighted by molar-refractivity contribution is 5.82. The third kappa shape index (κ3) is 4.56. The Morgan fingerprint density at radius 2 is 2.24 bits per heavy atom. The van der Waals surface area contributed by atoms with Gasteiger partial charge in [-0.15, -0.1) is 0 Å². The van der Waals surface area contributed by atoms with Crippen molar-refractivity contribution in [3.05, 3.63) is 18.0 Å². The van der Waals surface area contributed by atoms with Crippen LogP contribution in [0, 0.1) is 5.41 Å². The van der Waals surface area contributed by atoms with Crippen LogP contribution in [0.1, 0.15) is 38.8 Å². The molecule has 1 rings (SSSR count). The standard InChI is InChI=1S/C12H22N4O/c1-12(2,3)5-6-14-11(17)10(13)9-7-15-16(4)8-9/h7-8,10H,5-6,13H2,1-4H3,(H,14,17). The number of carbonyl (C=O) groups excluding carboxylic acids is 1. The Morgan fingerprint density at radius 3 is 2.71 bits per heavy atom. The molecule has 1 amide bonds. The Hall–Kier alpha value is -1.36. The van der Waals surface area contributed by atoms with Gasteiger partial charge in [-0.05, 0) is 11.8 Å². The van der Waals surface area contributed by atoms with Crippen molar-refractivity contribution >= 4 is 5.91 Å². The van der Waals surface area contributed by atoms with Crippen LogP contribution in [-0.2, 0) is 11.8 Å². The lowest BCUT2D eigenvalue weighted by atomic mass is 9.92. The summed E-state index contributed by atoms with van der Waals surface area (Å²) < 4.78 is 1.64. The van der Waals surface area contributed by atoms with Gasteiger partial charge in [0.1, 0.15) is 6.04 Å². The molecule has 0 fully saturated rings. The molecule has 0 aliphatic carbocycles. The van der Waals surface area contributed by atoms with Crippen molar-refractivity contribution in [3.63, 3.8) is 0 Å². The zero-order valence-electron chi connectivity index (χ0n) is 11.0. The zero-order chi connectivity index (χ0) is 13.1. The number of nitrogens with two attached hydrogens (primary N) is 1. The molecule has 0 bridgehead atoms. The first-order chi connectivity index (χ1) is 7.79. The van der Waals surface area contributed by atoms with E-state index in [0.29, 0.717) is 6.54 Å². The summed E-state index contributed by atoms with van der Waals surface area (Å²) in [4.78, 5) is 11.8. The zero-order valence-corrected chi connectivity index (χ0v) is 11.0. The summed E-state index contributed by atoms with van der Waals surface area (Å²) in [6.07, 6.45) is 4.31. The fraction of sp³-hybridized carbons (Fsp3) is 0.667. The van der Waals surface area contributed by atoms with Crippen LogP contribution in [0.5, 0.6) is 0 Å². The molecule has 0 aromatic carbocycles. The van der Waals surface area contributed by atoms with Crippen LogP contribution in [0.3, 0.4) is 0 Å². The summed E-state index contributed by atoms with van der Waals surface area (Å²) in [6.45, 7) is 7.07. The van der Waals surface area contributed by atoms with E-state index in [2.05, 4.69) is 31.2 Å². The molecular weight excluding hydrogens is 216 g/mol. The summed E-state index contributed by atoms with van der Waals surface area (Å²) in [5.41, 5.74) is 6.79. The molecule has 0 radical (unpaired) electrons. The van der Waals surface area contributed by atoms with E-state index < -0.39 is 6.04 Å². The van der Waals surface area contributed by atoms with Gasteiger partial charge in [0, 0.05) is 25.4 Å². The minimum Gasteiger partial charge on any atom is -0.354 e. The first-order valence-corrected chi connectivity index (χ1v) is 5.81. The van der Waals surface area contributed by atoms with Crippen LogP contribution in [0.15, 0.2) is 12.4 Å². The second-order valence-electron chi connectivity index (χ2n) is 5.53. The molecule has 17 heavy (non-hydrogen) atoms. The number of nitrogens with one attached hydrogen (secondary N) is 1. The second-order valence-corrected chi connectivity index (χ2v) is 5.53. The molecule has 0 saturated heterocycles. The Balaban J connectivity index is 2.43. The molecule has 0 aliphatic heterocycles. The Bertz CT molecular complexity index is 378. The molecule has 0 saturated carbocycles. The highest BCUT2D eigenvalue weighted by Gasteiger charge is 2.17. The first-order valence-electron chi connectivity index (χ1n) is 5.81. The van der Waals surface area contributed by atoms with Crippen LogP contribution in [-0.4, -0.2) is 22.2 Å². The highest BCUT2D eigenvalue weighted by Crippen LogP contribution is 2.17. The van der Waals surface area contributed by atoms with Gasteiger partial charge in [0.05, 0.1) is 6.20 Å². The van der Waals surface area contributed by atoms with Gasteiger partial charge in [-0.1, -0.05) is 20.8 Å². The van der Waals surface area contributed by atoms with Crippen LogP contribution < -0.4 is 11.1 Å². The van der Waals surface area contributed by atoms with Crippen molar-refractivity contribution in [1.29, 1.82) is 0 Å². The van der Waals surface area contributed by atoms with Crippen molar-refractivity contribution in [2.24, 2.45) is 18.2 Å². The number of aryl methyl sites for hydroxylation is 1. The molecule has 1 aromatic heterocycles. The van der Waals surface area contributed by atoms with E-state index in [9.17, 15) is 4.79 Å². The topological polar surface area (TPSA) is 72.9 Å². The minimum absolute atomic E-state index is 0.151. The Kier molecular flexibility index (Phi) is 4.28. The summed E-state index contributed by atoms with van der Waals surface area (Å²) in [5.74, 6) is -0.151. The van der Waals surface area contributed by atoms with Gasteiger partial charge in [-0.2, -0.15) is 5.10 Å². The molecule has 5 nitrogen and oxygen atoms in total. The van der Waals surface area contributed by atoms with E-state index in [-0.39, 0.29) is 11.3 Å². The largest absolute Gasteiger partial charge is 0.354 e. The normalized spacial score (nSPS) is 13.5. The van der Waals surface area contributed by atoms with Crippen molar-refractivity contribution in [2.75, 3.05) is 6.54 Å². The molecule has 3 N–H and O–H groups in total. The summed E-state index contributed by atoms with van der Waals surface area (Å²) in [6, 6.07) is -0.635. The number of carbonyl (C=O) groups is 1. The lowest BCUT2D eigenvalue weighted by Gasteiger charge is -2.19. The minimum atomic E-state index is -0.635. The average Bonchev–Trinajstić information content (AvgIpc) is 2.61. The van der Waals surface area contributed by atoms with Gasteiger partial charge in [0.15, 0.2) is 0 Å². The van der Waals surface area contributed by atoms with Crippen molar-refractivity contribution in [2.45, 2.75) is 33.2 Å². The number of rotatable bonds is 4. The summed E-state index contributed by atoms with van der Waals surface area (Å²) >= 11 is 0. The second kappa shape index (κ2) is 5.31. The predicted molar refractivity (Wildman–Crippen MR) is 67.2 cm³/mol. The predicted octanol–water partition coefficient (Wildman–Crippen LogP) is 0.972. The number of hydrogen-bond acceptors (Lipinski definition) is 3. The van der Waals surface area contributed by atoms with Crippen molar-refractivity contribution in [3.8, 4) is 0 Å². The number of aromatic nitrogens is 2. The van der Waals surface area contributed by atoms with Crippen LogP contribution in [0.25, 0.3) is 0 Å². The van der Waals surface area contributed by atoms with E-state index in [1.54, 1.807) is 24.1 Å². The van der Waals surface area contributed by atoms with Gasteiger partial charge >= 0.3 is 0 Å². The third-order valence-corrected chi connectivity index (χ3v) is 2.54. The molecule has 1 atom stereocenters. The molecule has 1 unspecified atom stereocenters. The Morgan fingerprint density at radius 1 is 1.59 bits per heavy atom. The van der Waals surface area contributed by atoms with Gasteiger partial charge in [0.2, 0.25) is 5.91 Å². The van der Waals surface area contributed by atoms with Crippen molar-refractivity contribution < 1.29 is 4.79 Å². The molecule has 0 spiro atoms. The maximum atomic E-state index is 11.8. The molecular formula is C12H22N4O. The first kappa shape index (κ1) is 13.7. The Labute approximate surface area is 102 Å². The molecule has 5 heteroatoms. The maximum Gasteiger partial charge on any atom is 0.241 e. The highest BCUT2D eigenvalue weighted by atomic mass is 16.2. The summed E-state index contributed by atoms with van der Waals surface area (Å²) in [7, 11) is 1.80. The van der Waals surface area contributed by atoms with Gasteiger partial charge in [-0.3, -0.25) is 9.48 Å². The maximum absolute atomic E-state index is 11.8. The molecule has 96 valence electrons. The fourth-order valence-electron chi connectivity index (χ4n) is 1.42. The van der Waals surface area contributed by atoms with Gasteiger partial charge in [0.25, 0.3) is 0 Å². The van der Waals surface area contributed by atoms with E-state index in [1.165, 1.54) is 0 Å². The molecule has 1 heterocycles. The van der Waals surface area contributed by atoms with Gasteiger partial charge in [-0.25, -0.2) is 0 Å². The molecule has 1 aromatic rings. The van der Waals surface area contributed by atoms with Crippen molar-refractivity contribution in [1.82, 2.24) is 15.1 Å². The van der Waals surface area contributed by atoms with Crippen LogP contribution in [0.4, 0.5) is 0 Å². The monoisotopic (exact) mass is 238 g/mol. The lowest BCUT2D eigenvalue weighted by Crippen LogP contribution is -2.35. The average molecular weight is 238 g/mol. The van der Waals surface area contributed by atoms with Crippen LogP contribution in [0.2, 0.25) is 0 Å². The van der Waals surface area contributed by atoms with E-state index in [0.717, 1.165) is 12.0 Å². The number of nitrogens with zero attached hydrogens (tertiary/aromatic N) is 2. The number of amides is 1. The van der Waals surface area contributed by atoms with Crippen LogP contribution >= 0.6 is 0 Å². The SMILES string of the molecule is Cn1cc(C(N)C(=O)NCCC(C)(C)C)cn1. The third-order valence-electron chi connectivity index (χ3n) is 2.54. The fourth-order valence-corrected chi connectivity index (χ4v) is 1.42. The molecule has 0 aliphatic rings. The lowest BCUT2D eigenvalue weighted by molar-refractivity contribution is -0.122. The van der Waals surface area contributed by atoms with E-state index in [1.807, 2.05) is 0 Å². The van der Waals surface area contributed by atoms with E-state index in [4.69, 9.17) is 5.73 Å². The van der Waals surface area contributed by atoms with E-state index >= 15 is 0 Å². The summed E-state index contributed by atoms with van der Waals surface area (Å²) in [5, 5.41) is 6.84. The smallest absolute Gasteiger partial charge is 0.241 e.